The van der Waals surface area contributed by atoms with Crippen LogP contribution in [-0.2, 0) is 0 Å². The van der Waals surface area contributed by atoms with Gasteiger partial charge in [-0.3, -0.25) is 9.78 Å². The van der Waals surface area contributed by atoms with Crippen molar-refractivity contribution in [3.05, 3.63) is 22.6 Å². The number of hydrogen-bond donors (Lipinski definition) is 3. The Balaban J connectivity index is 2.04. The maximum absolute atomic E-state index is 11.6. The van der Waals surface area contributed by atoms with Crippen LogP contribution < -0.4 is 11.3 Å². The molecule has 1 aliphatic carbocycles. The predicted molar refractivity (Wildman–Crippen MR) is 63.6 cm³/mol. The second-order valence-corrected chi connectivity index (χ2v) is 4.59. The molecule has 2 aromatic rings. The van der Waals surface area contributed by atoms with E-state index in [1.165, 1.54) is 0 Å². The molecule has 90 valence electrons. The van der Waals surface area contributed by atoms with Crippen molar-refractivity contribution < 1.29 is 5.11 Å². The molecule has 0 unspecified atom stereocenters. The molecule has 0 amide bonds. The van der Waals surface area contributed by atoms with Crippen LogP contribution in [0.15, 0.2) is 17.1 Å². The highest BCUT2D eigenvalue weighted by Gasteiger charge is 2.30. The van der Waals surface area contributed by atoms with E-state index in [1.54, 1.807) is 6.07 Å². The number of rotatable bonds is 2. The van der Waals surface area contributed by atoms with E-state index in [9.17, 15) is 4.79 Å². The third-order valence-corrected chi connectivity index (χ3v) is 3.46. The van der Waals surface area contributed by atoms with Crippen molar-refractivity contribution in [3.63, 3.8) is 0 Å². The Kier molecular flexibility index (Phi) is 2.19. The summed E-state index contributed by atoms with van der Waals surface area (Å²) in [5, 5.41) is 9.56. The van der Waals surface area contributed by atoms with Crippen LogP contribution in [0, 0.1) is 5.92 Å². The zero-order valence-electron chi connectivity index (χ0n) is 9.26. The van der Waals surface area contributed by atoms with Crippen LogP contribution in [0.2, 0.25) is 0 Å². The molecule has 4 N–H and O–H groups in total. The van der Waals surface area contributed by atoms with Gasteiger partial charge in [0.2, 0.25) is 5.95 Å². The molecule has 6 heteroatoms. The number of nitrogen functional groups attached to an aromatic ring is 1. The Morgan fingerprint density at radius 3 is 3.06 bits per heavy atom. The number of anilines is 1. The summed E-state index contributed by atoms with van der Waals surface area (Å²) in [5.41, 5.74) is 5.97. The molecule has 1 aliphatic rings. The molecule has 0 spiro atoms. The van der Waals surface area contributed by atoms with Crippen LogP contribution in [0.5, 0.6) is 0 Å². The molecule has 0 bridgehead atoms. The average molecular weight is 234 g/mol. The summed E-state index contributed by atoms with van der Waals surface area (Å²) in [6, 6.07) is 2.07. The maximum atomic E-state index is 11.6. The number of H-pyrrole nitrogens is 1. The van der Waals surface area contributed by atoms with E-state index in [-0.39, 0.29) is 18.1 Å². The molecule has 0 aliphatic heterocycles. The fourth-order valence-electron chi connectivity index (χ4n) is 2.43. The summed E-state index contributed by atoms with van der Waals surface area (Å²) in [7, 11) is 0. The quantitative estimate of drug-likeness (QED) is 0.693. The van der Waals surface area contributed by atoms with Gasteiger partial charge < -0.3 is 15.4 Å². The van der Waals surface area contributed by atoms with Gasteiger partial charge in [-0.15, -0.1) is 0 Å². The molecule has 2 heterocycles. The van der Waals surface area contributed by atoms with Gasteiger partial charge in [-0.1, -0.05) is 0 Å². The van der Waals surface area contributed by atoms with Crippen LogP contribution >= 0.6 is 0 Å². The number of nitrogens with two attached hydrogens (primary N) is 1. The van der Waals surface area contributed by atoms with E-state index in [0.717, 1.165) is 12.8 Å². The van der Waals surface area contributed by atoms with Crippen molar-refractivity contribution in [1.82, 2.24) is 14.5 Å². The van der Waals surface area contributed by atoms with Crippen molar-refractivity contribution in [2.24, 2.45) is 5.92 Å². The largest absolute Gasteiger partial charge is 0.396 e. The van der Waals surface area contributed by atoms with Gasteiger partial charge in [0, 0.05) is 18.8 Å². The van der Waals surface area contributed by atoms with Crippen molar-refractivity contribution in [2.45, 2.75) is 18.9 Å². The summed E-state index contributed by atoms with van der Waals surface area (Å²) < 4.78 is 1.98. The molecule has 17 heavy (non-hydrogen) atoms. The van der Waals surface area contributed by atoms with E-state index in [4.69, 9.17) is 10.8 Å². The van der Waals surface area contributed by atoms with E-state index >= 15 is 0 Å². The molecule has 2 aromatic heterocycles. The molecule has 1 fully saturated rings. The molecule has 0 radical (unpaired) electrons. The average Bonchev–Trinajstić information content (AvgIpc) is 2.61. The summed E-state index contributed by atoms with van der Waals surface area (Å²) >= 11 is 0. The number of nitrogens with zero attached hydrogens (tertiary/aromatic N) is 2. The lowest BCUT2D eigenvalue weighted by atomic mass is 9.81. The smallest absolute Gasteiger partial charge is 0.261 e. The lowest BCUT2D eigenvalue weighted by Gasteiger charge is -2.35. The normalized spacial score (nSPS) is 23.8. The molecule has 1 saturated carbocycles. The lowest BCUT2D eigenvalue weighted by Crippen LogP contribution is -2.29. The molecule has 6 nitrogen and oxygen atoms in total. The minimum atomic E-state index is -0.204. The number of aromatic amines is 1. The van der Waals surface area contributed by atoms with Gasteiger partial charge in [0.15, 0.2) is 0 Å². The SMILES string of the molecule is Nc1nc2c(ccn2C2CC(CO)C2)c(=O)[nH]1. The van der Waals surface area contributed by atoms with Crippen molar-refractivity contribution in [1.29, 1.82) is 0 Å². The van der Waals surface area contributed by atoms with Crippen LogP contribution in [0.25, 0.3) is 11.0 Å². The third kappa shape index (κ3) is 1.52. The first-order valence-electron chi connectivity index (χ1n) is 5.66. The Bertz CT molecular complexity index is 609. The van der Waals surface area contributed by atoms with Gasteiger partial charge >= 0.3 is 0 Å². The van der Waals surface area contributed by atoms with E-state index in [2.05, 4.69) is 9.97 Å². The van der Waals surface area contributed by atoms with Gasteiger partial charge in [0.25, 0.3) is 5.56 Å². The fraction of sp³-hybridized carbons (Fsp3) is 0.455. The Morgan fingerprint density at radius 2 is 2.35 bits per heavy atom. The maximum Gasteiger partial charge on any atom is 0.261 e. The highest BCUT2D eigenvalue weighted by Crippen LogP contribution is 2.38. The van der Waals surface area contributed by atoms with Gasteiger partial charge in [0.1, 0.15) is 5.65 Å². The Hall–Kier alpha value is -1.82. The zero-order chi connectivity index (χ0) is 12.0. The van der Waals surface area contributed by atoms with E-state index < -0.39 is 0 Å². The summed E-state index contributed by atoms with van der Waals surface area (Å²) in [4.78, 5) is 18.3. The fourth-order valence-corrected chi connectivity index (χ4v) is 2.43. The molecule has 0 atom stereocenters. The number of fused-ring (bicyclic) bond motifs is 1. The first-order valence-corrected chi connectivity index (χ1v) is 5.66. The number of nitrogens with one attached hydrogen (secondary N) is 1. The highest BCUT2D eigenvalue weighted by atomic mass is 16.3. The lowest BCUT2D eigenvalue weighted by molar-refractivity contribution is 0.114. The van der Waals surface area contributed by atoms with E-state index in [0.29, 0.717) is 23.0 Å². The van der Waals surface area contributed by atoms with Crippen LogP contribution in [-0.4, -0.2) is 26.2 Å². The molecule has 0 aromatic carbocycles. The second kappa shape index (κ2) is 3.59. The van der Waals surface area contributed by atoms with E-state index in [1.807, 2.05) is 10.8 Å². The number of aliphatic hydroxyl groups excluding tert-OH is 1. The standard InChI is InChI=1S/C11H14N4O2/c12-11-13-9-8(10(17)14-11)1-2-15(9)7-3-6(4-7)5-16/h1-2,6-7,16H,3-5H2,(H3,12,13,14,17). The monoisotopic (exact) mass is 234 g/mol. The number of hydrogen-bond acceptors (Lipinski definition) is 4. The van der Waals surface area contributed by atoms with Crippen molar-refractivity contribution >= 4 is 17.0 Å². The first-order chi connectivity index (χ1) is 8.19. The second-order valence-electron chi connectivity index (χ2n) is 4.59. The van der Waals surface area contributed by atoms with Crippen LogP contribution in [0.3, 0.4) is 0 Å². The van der Waals surface area contributed by atoms with Gasteiger partial charge in [0.05, 0.1) is 5.39 Å². The van der Waals surface area contributed by atoms with Gasteiger partial charge in [-0.2, -0.15) is 4.98 Å². The Labute approximate surface area is 97.1 Å². The topological polar surface area (TPSA) is 96.9 Å². The summed E-state index contributed by atoms with van der Waals surface area (Å²) in [6.07, 6.45) is 3.72. The van der Waals surface area contributed by atoms with Gasteiger partial charge in [-0.05, 0) is 24.8 Å². The minimum Gasteiger partial charge on any atom is -0.396 e. The van der Waals surface area contributed by atoms with Gasteiger partial charge in [-0.25, -0.2) is 0 Å². The van der Waals surface area contributed by atoms with Crippen LogP contribution in [0.1, 0.15) is 18.9 Å². The summed E-state index contributed by atoms with van der Waals surface area (Å²) in [5.74, 6) is 0.511. The third-order valence-electron chi connectivity index (χ3n) is 3.46. The molecular weight excluding hydrogens is 220 g/mol. The first kappa shape index (κ1) is 10.3. The summed E-state index contributed by atoms with van der Waals surface area (Å²) in [6.45, 7) is 0.228. The molecular formula is C11H14N4O2. The zero-order valence-corrected chi connectivity index (χ0v) is 9.26. The number of aromatic nitrogens is 3. The van der Waals surface area contributed by atoms with Crippen molar-refractivity contribution in [3.8, 4) is 0 Å². The number of aliphatic hydroxyl groups is 1. The molecule has 0 saturated heterocycles. The Morgan fingerprint density at radius 1 is 1.59 bits per heavy atom. The predicted octanol–water partition coefficient (Wildman–Crippen LogP) is 0.250. The van der Waals surface area contributed by atoms with Crippen molar-refractivity contribution in [2.75, 3.05) is 12.3 Å². The highest BCUT2D eigenvalue weighted by molar-refractivity contribution is 5.76. The van der Waals surface area contributed by atoms with Crippen LogP contribution in [0.4, 0.5) is 5.95 Å². The minimum absolute atomic E-state index is 0.139. The molecule has 3 rings (SSSR count).